The fraction of sp³-hybridized carbons (Fsp3) is 0.0833. The summed E-state index contributed by atoms with van der Waals surface area (Å²) in [6.07, 6.45) is 4.03. The quantitative estimate of drug-likeness (QED) is 0.906. The Morgan fingerprint density at radius 3 is 2.58 bits per heavy atom. The first-order valence-corrected chi connectivity index (χ1v) is 6.99. The second kappa shape index (κ2) is 5.46. The highest BCUT2D eigenvalue weighted by Gasteiger charge is 2.14. The maximum atomic E-state index is 12.0. The van der Waals surface area contributed by atoms with Gasteiger partial charge in [-0.25, -0.2) is 18.4 Å². The maximum Gasteiger partial charge on any atom is 0.237 e. The summed E-state index contributed by atoms with van der Waals surface area (Å²) in [5, 5.41) is 8.92. The monoisotopic (exact) mass is 274 g/mol. The van der Waals surface area contributed by atoms with E-state index in [9.17, 15) is 8.42 Å². The summed E-state index contributed by atoms with van der Waals surface area (Å²) >= 11 is 0. The largest absolute Gasteiger partial charge is 0.280 e. The van der Waals surface area contributed by atoms with Crippen molar-refractivity contribution in [1.82, 2.24) is 9.97 Å². The molecule has 6 nitrogen and oxygen atoms in total. The molecule has 0 fully saturated rings. The van der Waals surface area contributed by atoms with Crippen LogP contribution in [0, 0.1) is 11.3 Å². The molecule has 0 spiro atoms. The molecule has 1 N–H and O–H groups in total. The third-order valence-corrected chi connectivity index (χ3v) is 3.56. The first kappa shape index (κ1) is 13.0. The Hall–Kier alpha value is -2.46. The molecule has 0 amide bonds. The number of nitriles is 1. The number of aromatic nitrogens is 2. The van der Waals surface area contributed by atoms with Crippen molar-refractivity contribution in [3.63, 3.8) is 0 Å². The molecule has 0 aliphatic heterocycles. The molecule has 2 aromatic rings. The third kappa shape index (κ3) is 3.50. The highest BCUT2D eigenvalue weighted by molar-refractivity contribution is 7.91. The highest BCUT2D eigenvalue weighted by atomic mass is 32.2. The van der Waals surface area contributed by atoms with E-state index in [0.717, 1.165) is 0 Å². The molecule has 0 saturated heterocycles. The Labute approximate surface area is 110 Å². The molecule has 2 rings (SSSR count). The summed E-state index contributed by atoms with van der Waals surface area (Å²) in [6, 6.07) is 8.53. The van der Waals surface area contributed by atoms with Crippen LogP contribution in [0.25, 0.3) is 0 Å². The normalized spacial score (nSPS) is 10.7. The van der Waals surface area contributed by atoms with Crippen LogP contribution in [0.1, 0.15) is 11.1 Å². The Balaban J connectivity index is 2.21. The lowest BCUT2D eigenvalue weighted by Crippen LogP contribution is -2.16. The van der Waals surface area contributed by atoms with Crippen molar-refractivity contribution in [3.8, 4) is 6.07 Å². The molecular formula is C12H10N4O2S. The standard InChI is InChI=1S/C12H10N4O2S/c13-5-10-3-1-2-4-11(10)8-19(17,18)16-12-6-14-9-15-7-12/h1-4,6-7,9,16H,8H2. The van der Waals surface area contributed by atoms with Crippen LogP contribution in [0.4, 0.5) is 5.69 Å². The smallest absolute Gasteiger partial charge is 0.237 e. The predicted octanol–water partition coefficient (Wildman–Crippen LogP) is 1.29. The van der Waals surface area contributed by atoms with E-state index in [4.69, 9.17) is 5.26 Å². The first-order valence-electron chi connectivity index (χ1n) is 5.34. The number of nitrogens with one attached hydrogen (secondary N) is 1. The number of hydrogen-bond donors (Lipinski definition) is 1. The summed E-state index contributed by atoms with van der Waals surface area (Å²) in [5.74, 6) is -0.272. The van der Waals surface area contributed by atoms with Crippen molar-refractivity contribution in [2.24, 2.45) is 0 Å². The number of rotatable bonds is 4. The van der Waals surface area contributed by atoms with Gasteiger partial charge in [0, 0.05) is 0 Å². The van der Waals surface area contributed by atoms with Gasteiger partial charge < -0.3 is 0 Å². The van der Waals surface area contributed by atoms with Gasteiger partial charge in [0.15, 0.2) is 0 Å². The van der Waals surface area contributed by atoms with Crippen LogP contribution < -0.4 is 4.72 Å². The van der Waals surface area contributed by atoms with Crippen LogP contribution in [-0.4, -0.2) is 18.4 Å². The van der Waals surface area contributed by atoms with Crippen LogP contribution in [0.2, 0.25) is 0 Å². The third-order valence-electron chi connectivity index (χ3n) is 2.32. The zero-order chi connectivity index (χ0) is 13.7. The number of nitrogens with zero attached hydrogens (tertiary/aromatic N) is 3. The van der Waals surface area contributed by atoms with E-state index in [1.54, 1.807) is 24.3 Å². The molecule has 0 unspecified atom stereocenters. The minimum Gasteiger partial charge on any atom is -0.280 e. The lowest BCUT2D eigenvalue weighted by molar-refractivity contribution is 0.600. The molecule has 96 valence electrons. The SMILES string of the molecule is N#Cc1ccccc1CS(=O)(=O)Nc1cncnc1. The van der Waals surface area contributed by atoms with Gasteiger partial charge >= 0.3 is 0 Å². The average Bonchev–Trinajstić information content (AvgIpc) is 2.39. The highest BCUT2D eigenvalue weighted by Crippen LogP contribution is 2.13. The van der Waals surface area contributed by atoms with Gasteiger partial charge in [0.1, 0.15) is 6.33 Å². The lowest BCUT2D eigenvalue weighted by atomic mass is 10.1. The van der Waals surface area contributed by atoms with Gasteiger partial charge in [0.25, 0.3) is 0 Å². The Bertz CT molecular complexity index is 708. The maximum absolute atomic E-state index is 12.0. The Morgan fingerprint density at radius 2 is 1.89 bits per heavy atom. The van der Waals surface area contributed by atoms with Gasteiger partial charge in [-0.2, -0.15) is 5.26 Å². The van der Waals surface area contributed by atoms with Crippen molar-refractivity contribution in [2.75, 3.05) is 4.72 Å². The molecule has 0 bridgehead atoms. The molecular weight excluding hydrogens is 264 g/mol. The number of sulfonamides is 1. The molecule has 1 aromatic heterocycles. The minimum absolute atomic E-state index is 0.272. The van der Waals surface area contributed by atoms with Crippen LogP contribution in [0.5, 0.6) is 0 Å². The second-order valence-corrected chi connectivity index (χ2v) is 5.48. The topological polar surface area (TPSA) is 95.7 Å². The van der Waals surface area contributed by atoms with E-state index in [1.807, 2.05) is 6.07 Å². The summed E-state index contributed by atoms with van der Waals surface area (Å²) < 4.78 is 26.3. The number of benzene rings is 1. The zero-order valence-corrected chi connectivity index (χ0v) is 10.6. The summed E-state index contributed by atoms with van der Waals surface area (Å²) in [6.45, 7) is 0. The fourth-order valence-corrected chi connectivity index (χ4v) is 2.73. The van der Waals surface area contributed by atoms with Crippen molar-refractivity contribution < 1.29 is 8.42 Å². The summed E-state index contributed by atoms with van der Waals surface area (Å²) in [5.41, 5.74) is 1.09. The van der Waals surface area contributed by atoms with Gasteiger partial charge in [-0.05, 0) is 11.6 Å². The molecule has 1 heterocycles. The summed E-state index contributed by atoms with van der Waals surface area (Å²) in [7, 11) is -3.60. The van der Waals surface area contributed by atoms with Crippen molar-refractivity contribution in [3.05, 3.63) is 54.1 Å². The molecule has 19 heavy (non-hydrogen) atoms. The van der Waals surface area contributed by atoms with Gasteiger partial charge in [-0.3, -0.25) is 4.72 Å². The zero-order valence-electron chi connectivity index (χ0n) is 9.81. The number of anilines is 1. The molecule has 0 saturated carbocycles. The minimum atomic E-state index is -3.60. The van der Waals surface area contributed by atoms with Gasteiger partial charge in [0.2, 0.25) is 10.0 Å². The fourth-order valence-electron chi connectivity index (χ4n) is 1.53. The summed E-state index contributed by atoms with van der Waals surface area (Å²) in [4.78, 5) is 7.44. The van der Waals surface area contributed by atoms with Crippen LogP contribution in [-0.2, 0) is 15.8 Å². The van der Waals surface area contributed by atoms with Gasteiger partial charge in [-0.15, -0.1) is 0 Å². The lowest BCUT2D eigenvalue weighted by Gasteiger charge is -2.08. The molecule has 7 heteroatoms. The van der Waals surface area contributed by atoms with E-state index < -0.39 is 10.0 Å². The second-order valence-electron chi connectivity index (χ2n) is 3.76. The Morgan fingerprint density at radius 1 is 1.21 bits per heavy atom. The molecule has 1 aromatic carbocycles. The van der Waals surface area contributed by atoms with E-state index in [0.29, 0.717) is 11.1 Å². The number of hydrogen-bond acceptors (Lipinski definition) is 5. The molecule has 0 aliphatic carbocycles. The van der Waals surface area contributed by atoms with Crippen LogP contribution >= 0.6 is 0 Å². The van der Waals surface area contributed by atoms with E-state index in [-0.39, 0.29) is 11.4 Å². The average molecular weight is 274 g/mol. The van der Waals surface area contributed by atoms with E-state index in [2.05, 4.69) is 14.7 Å². The van der Waals surface area contributed by atoms with E-state index in [1.165, 1.54) is 18.7 Å². The van der Waals surface area contributed by atoms with Crippen LogP contribution in [0.3, 0.4) is 0 Å². The van der Waals surface area contributed by atoms with Crippen molar-refractivity contribution in [2.45, 2.75) is 5.75 Å². The van der Waals surface area contributed by atoms with Gasteiger partial charge in [0.05, 0.1) is 35.5 Å². The first-order chi connectivity index (χ1) is 9.11. The predicted molar refractivity (Wildman–Crippen MR) is 69.4 cm³/mol. The molecule has 0 radical (unpaired) electrons. The molecule has 0 aliphatic rings. The van der Waals surface area contributed by atoms with E-state index >= 15 is 0 Å². The van der Waals surface area contributed by atoms with Crippen molar-refractivity contribution >= 4 is 15.7 Å². The molecule has 0 atom stereocenters. The van der Waals surface area contributed by atoms with Crippen molar-refractivity contribution in [1.29, 1.82) is 5.26 Å². The van der Waals surface area contributed by atoms with Gasteiger partial charge in [-0.1, -0.05) is 18.2 Å². The van der Waals surface area contributed by atoms with Crippen LogP contribution in [0.15, 0.2) is 43.0 Å². The Kier molecular flexibility index (Phi) is 3.73.